The second kappa shape index (κ2) is 3.71. The maximum atomic E-state index is 10.2. The molecule has 0 bridgehead atoms. The number of carbonyl (C=O) groups is 1. The predicted octanol–water partition coefficient (Wildman–Crippen LogP) is 1.39. The molecule has 1 rings (SSSR count). The van der Waals surface area contributed by atoms with E-state index in [1.807, 2.05) is 0 Å². The molecule has 0 aromatic carbocycles. The average Bonchev–Trinajstić information content (AvgIpc) is 2.36. The van der Waals surface area contributed by atoms with Gasteiger partial charge in [-0.2, -0.15) is 0 Å². The fourth-order valence-corrected chi connectivity index (χ4v) is 1.54. The molecule has 2 atom stereocenters. The molecule has 1 fully saturated rings. The molecule has 0 amide bonds. The summed E-state index contributed by atoms with van der Waals surface area (Å²) >= 11 is 0. The molecule has 0 saturated carbocycles. The SMILES string of the molecule is CC[C@H]1OCCC1CC=O. The molecule has 0 N–H and O–H groups in total. The van der Waals surface area contributed by atoms with Gasteiger partial charge in [0.2, 0.25) is 0 Å². The average molecular weight is 142 g/mol. The summed E-state index contributed by atoms with van der Waals surface area (Å²) in [6, 6.07) is 0. The molecule has 2 heteroatoms. The van der Waals surface area contributed by atoms with Gasteiger partial charge in [-0.3, -0.25) is 0 Å². The molecule has 1 aliphatic heterocycles. The highest BCUT2D eigenvalue weighted by atomic mass is 16.5. The van der Waals surface area contributed by atoms with Crippen molar-refractivity contribution in [2.75, 3.05) is 6.61 Å². The highest BCUT2D eigenvalue weighted by Gasteiger charge is 2.25. The van der Waals surface area contributed by atoms with Crippen molar-refractivity contribution in [1.82, 2.24) is 0 Å². The fourth-order valence-electron chi connectivity index (χ4n) is 1.54. The lowest BCUT2D eigenvalue weighted by Crippen LogP contribution is -2.14. The maximum absolute atomic E-state index is 10.2. The van der Waals surface area contributed by atoms with Crippen LogP contribution in [-0.4, -0.2) is 19.0 Å². The summed E-state index contributed by atoms with van der Waals surface area (Å²) in [5.74, 6) is 0.502. The lowest BCUT2D eigenvalue weighted by molar-refractivity contribution is -0.109. The van der Waals surface area contributed by atoms with Gasteiger partial charge in [0.25, 0.3) is 0 Å². The predicted molar refractivity (Wildman–Crippen MR) is 38.8 cm³/mol. The van der Waals surface area contributed by atoms with Crippen LogP contribution in [0.1, 0.15) is 26.2 Å². The Balaban J connectivity index is 2.34. The number of rotatable bonds is 3. The van der Waals surface area contributed by atoms with Crippen molar-refractivity contribution in [1.29, 1.82) is 0 Å². The van der Waals surface area contributed by atoms with Crippen molar-refractivity contribution in [2.24, 2.45) is 5.92 Å². The largest absolute Gasteiger partial charge is 0.378 e. The first-order valence-electron chi connectivity index (χ1n) is 3.93. The van der Waals surface area contributed by atoms with E-state index in [1.165, 1.54) is 0 Å². The first kappa shape index (κ1) is 7.73. The summed E-state index contributed by atoms with van der Waals surface area (Å²) < 4.78 is 5.41. The molecule has 0 aliphatic carbocycles. The van der Waals surface area contributed by atoms with Gasteiger partial charge in [-0.15, -0.1) is 0 Å². The van der Waals surface area contributed by atoms with Gasteiger partial charge in [0.15, 0.2) is 0 Å². The van der Waals surface area contributed by atoms with Gasteiger partial charge in [-0.1, -0.05) is 6.92 Å². The molecular weight excluding hydrogens is 128 g/mol. The van der Waals surface area contributed by atoms with E-state index in [9.17, 15) is 4.79 Å². The fraction of sp³-hybridized carbons (Fsp3) is 0.875. The Hall–Kier alpha value is -0.370. The molecule has 0 radical (unpaired) electrons. The summed E-state index contributed by atoms with van der Waals surface area (Å²) in [4.78, 5) is 10.2. The number of hydrogen-bond acceptors (Lipinski definition) is 2. The quantitative estimate of drug-likeness (QED) is 0.556. The topological polar surface area (TPSA) is 26.3 Å². The highest BCUT2D eigenvalue weighted by molar-refractivity contribution is 5.49. The van der Waals surface area contributed by atoms with E-state index in [-0.39, 0.29) is 0 Å². The van der Waals surface area contributed by atoms with Gasteiger partial charge in [0.05, 0.1) is 6.10 Å². The third-order valence-corrected chi connectivity index (χ3v) is 2.15. The molecule has 0 spiro atoms. The van der Waals surface area contributed by atoms with E-state index in [2.05, 4.69) is 6.92 Å². The Kier molecular flexibility index (Phi) is 2.87. The zero-order valence-corrected chi connectivity index (χ0v) is 6.38. The van der Waals surface area contributed by atoms with E-state index in [0.717, 1.165) is 25.7 Å². The van der Waals surface area contributed by atoms with Crippen LogP contribution in [-0.2, 0) is 9.53 Å². The summed E-state index contributed by atoms with van der Waals surface area (Å²) in [7, 11) is 0. The number of aldehydes is 1. The summed E-state index contributed by atoms with van der Waals surface area (Å²) in [5, 5.41) is 0. The van der Waals surface area contributed by atoms with Gasteiger partial charge in [0, 0.05) is 13.0 Å². The second-order valence-electron chi connectivity index (χ2n) is 2.77. The molecule has 1 heterocycles. The van der Waals surface area contributed by atoms with E-state index in [4.69, 9.17) is 4.74 Å². The van der Waals surface area contributed by atoms with Gasteiger partial charge >= 0.3 is 0 Å². The van der Waals surface area contributed by atoms with Crippen LogP contribution >= 0.6 is 0 Å². The Morgan fingerprint density at radius 1 is 1.70 bits per heavy atom. The van der Waals surface area contributed by atoms with Crippen LogP contribution in [0.25, 0.3) is 0 Å². The molecule has 0 aromatic heterocycles. The molecule has 1 unspecified atom stereocenters. The Labute approximate surface area is 61.6 Å². The van der Waals surface area contributed by atoms with Crippen molar-refractivity contribution in [3.05, 3.63) is 0 Å². The van der Waals surface area contributed by atoms with E-state index < -0.39 is 0 Å². The van der Waals surface area contributed by atoms with E-state index >= 15 is 0 Å². The highest BCUT2D eigenvalue weighted by Crippen LogP contribution is 2.24. The van der Waals surface area contributed by atoms with Crippen molar-refractivity contribution < 1.29 is 9.53 Å². The minimum absolute atomic E-state index is 0.352. The van der Waals surface area contributed by atoms with Crippen LogP contribution in [0.4, 0.5) is 0 Å². The monoisotopic (exact) mass is 142 g/mol. The van der Waals surface area contributed by atoms with Crippen molar-refractivity contribution in [3.8, 4) is 0 Å². The Morgan fingerprint density at radius 2 is 2.50 bits per heavy atom. The van der Waals surface area contributed by atoms with Crippen LogP contribution in [0.15, 0.2) is 0 Å². The van der Waals surface area contributed by atoms with Crippen LogP contribution in [0.3, 0.4) is 0 Å². The van der Waals surface area contributed by atoms with Crippen molar-refractivity contribution in [2.45, 2.75) is 32.3 Å². The summed E-state index contributed by atoms with van der Waals surface area (Å²) in [6.07, 6.45) is 4.14. The third kappa shape index (κ3) is 1.57. The number of carbonyl (C=O) groups excluding carboxylic acids is 1. The molecule has 1 aliphatic rings. The number of hydrogen-bond donors (Lipinski definition) is 0. The zero-order valence-electron chi connectivity index (χ0n) is 6.38. The van der Waals surface area contributed by atoms with Gasteiger partial charge in [-0.25, -0.2) is 0 Å². The normalized spacial score (nSPS) is 32.5. The second-order valence-corrected chi connectivity index (χ2v) is 2.77. The van der Waals surface area contributed by atoms with Crippen molar-refractivity contribution in [3.63, 3.8) is 0 Å². The van der Waals surface area contributed by atoms with Gasteiger partial charge in [-0.05, 0) is 18.8 Å². The van der Waals surface area contributed by atoms with Crippen molar-refractivity contribution >= 4 is 6.29 Å². The Morgan fingerprint density at radius 3 is 3.10 bits per heavy atom. The zero-order chi connectivity index (χ0) is 7.40. The lowest BCUT2D eigenvalue weighted by Gasteiger charge is -2.12. The lowest BCUT2D eigenvalue weighted by atomic mass is 9.97. The standard InChI is InChI=1S/C8H14O2/c1-2-8-7(3-5-9)4-6-10-8/h5,7-8H,2-4,6H2,1H3/t7?,8-/m1/s1. The van der Waals surface area contributed by atoms with Crippen LogP contribution in [0.2, 0.25) is 0 Å². The van der Waals surface area contributed by atoms with Crippen LogP contribution < -0.4 is 0 Å². The Bertz CT molecular complexity index is 112. The first-order chi connectivity index (χ1) is 4.88. The maximum Gasteiger partial charge on any atom is 0.120 e. The van der Waals surface area contributed by atoms with Gasteiger partial charge < -0.3 is 9.53 Å². The molecule has 1 saturated heterocycles. The van der Waals surface area contributed by atoms with Gasteiger partial charge in [0.1, 0.15) is 6.29 Å². The minimum atomic E-state index is 0.352. The first-order valence-corrected chi connectivity index (χ1v) is 3.93. The van der Waals surface area contributed by atoms with E-state index in [0.29, 0.717) is 18.4 Å². The third-order valence-electron chi connectivity index (χ3n) is 2.15. The minimum Gasteiger partial charge on any atom is -0.378 e. The molecular formula is C8H14O2. The smallest absolute Gasteiger partial charge is 0.120 e. The summed E-state index contributed by atoms with van der Waals surface area (Å²) in [5.41, 5.74) is 0. The summed E-state index contributed by atoms with van der Waals surface area (Å²) in [6.45, 7) is 2.95. The van der Waals surface area contributed by atoms with E-state index in [1.54, 1.807) is 0 Å². The van der Waals surface area contributed by atoms with Crippen LogP contribution in [0.5, 0.6) is 0 Å². The van der Waals surface area contributed by atoms with Crippen LogP contribution in [0, 0.1) is 5.92 Å². The molecule has 0 aromatic rings. The molecule has 10 heavy (non-hydrogen) atoms. The molecule has 58 valence electrons. The number of ether oxygens (including phenoxy) is 1. The molecule has 2 nitrogen and oxygen atoms in total.